The molecule has 1 heteroatoms. The molecule has 1 aliphatic carbocycles. The molecule has 1 nitrogen and oxygen atoms in total. The molecule has 1 fully saturated rings. The molecule has 0 heterocycles. The molecule has 0 aromatic heterocycles. The molecule has 1 aliphatic rings. The summed E-state index contributed by atoms with van der Waals surface area (Å²) in [6.07, 6.45) is 15.6. The summed E-state index contributed by atoms with van der Waals surface area (Å²) in [6, 6.07) is 21.7. The Morgan fingerprint density at radius 3 is 1.61 bits per heavy atom. The van der Waals surface area contributed by atoms with Crippen molar-refractivity contribution in [3.05, 3.63) is 84.2 Å². The Balaban J connectivity index is 1.75. The minimum Gasteiger partial charge on any atom is -0.351 e. The molecule has 118 valence electrons. The Hall–Kier alpha value is -2.28. The summed E-state index contributed by atoms with van der Waals surface area (Å²) >= 11 is 0. The first-order chi connectivity index (χ1) is 11.4. The molecular weight excluding hydrogens is 278 g/mol. The monoisotopic (exact) mass is 303 g/mol. The van der Waals surface area contributed by atoms with Gasteiger partial charge in [-0.1, -0.05) is 79.9 Å². The zero-order valence-electron chi connectivity index (χ0n) is 13.6. The van der Waals surface area contributed by atoms with E-state index < -0.39 is 0 Å². The summed E-state index contributed by atoms with van der Waals surface area (Å²) in [5, 5.41) is 0. The second kappa shape index (κ2) is 8.38. The van der Waals surface area contributed by atoms with Gasteiger partial charge in [-0.3, -0.25) is 0 Å². The maximum Gasteiger partial charge on any atom is 0.0330 e. The zero-order chi connectivity index (χ0) is 15.7. The third kappa shape index (κ3) is 4.85. The quantitative estimate of drug-likeness (QED) is 0.658. The van der Waals surface area contributed by atoms with Crippen molar-refractivity contribution < 1.29 is 0 Å². The third-order valence-corrected chi connectivity index (χ3v) is 4.47. The fourth-order valence-electron chi connectivity index (χ4n) is 3.14. The van der Waals surface area contributed by atoms with Crippen LogP contribution in [0.25, 0.3) is 12.2 Å². The van der Waals surface area contributed by atoms with E-state index in [1.807, 2.05) is 0 Å². The van der Waals surface area contributed by atoms with Crippen molar-refractivity contribution in [3.8, 4) is 0 Å². The van der Waals surface area contributed by atoms with Crippen molar-refractivity contribution in [3.63, 3.8) is 0 Å². The molecule has 2 aromatic rings. The van der Waals surface area contributed by atoms with Gasteiger partial charge in [-0.25, -0.2) is 0 Å². The highest BCUT2D eigenvalue weighted by Crippen LogP contribution is 2.24. The van der Waals surface area contributed by atoms with E-state index in [4.69, 9.17) is 0 Å². The maximum atomic E-state index is 2.40. The summed E-state index contributed by atoms with van der Waals surface area (Å²) in [5.74, 6) is 0. The second-order valence-corrected chi connectivity index (χ2v) is 6.19. The van der Waals surface area contributed by atoms with Gasteiger partial charge in [0, 0.05) is 18.4 Å². The lowest BCUT2D eigenvalue weighted by molar-refractivity contribution is 0.279. The van der Waals surface area contributed by atoms with Gasteiger partial charge in [0.05, 0.1) is 0 Å². The molecule has 0 N–H and O–H groups in total. The fraction of sp³-hybridized carbons (Fsp3) is 0.273. The van der Waals surface area contributed by atoms with Gasteiger partial charge >= 0.3 is 0 Å². The number of hydrogen-bond acceptors (Lipinski definition) is 1. The maximum absolute atomic E-state index is 2.40. The van der Waals surface area contributed by atoms with Gasteiger partial charge in [0.15, 0.2) is 0 Å². The molecule has 0 amide bonds. The SMILES string of the molecule is C(=CN(C=Cc1ccccc1)C1CCCCC1)c1ccccc1. The molecule has 0 saturated heterocycles. The first-order valence-electron chi connectivity index (χ1n) is 8.66. The van der Waals surface area contributed by atoms with Crippen LogP contribution in [0.4, 0.5) is 0 Å². The van der Waals surface area contributed by atoms with Crippen molar-refractivity contribution in [1.29, 1.82) is 0 Å². The summed E-state index contributed by atoms with van der Waals surface area (Å²) in [4.78, 5) is 2.40. The molecule has 2 aromatic carbocycles. The average Bonchev–Trinajstić information content (AvgIpc) is 2.64. The number of nitrogens with zero attached hydrogens (tertiary/aromatic N) is 1. The highest BCUT2D eigenvalue weighted by atomic mass is 15.1. The van der Waals surface area contributed by atoms with Crippen LogP contribution in [-0.2, 0) is 0 Å². The molecule has 0 bridgehead atoms. The number of hydrogen-bond donors (Lipinski definition) is 0. The van der Waals surface area contributed by atoms with Crippen LogP contribution >= 0.6 is 0 Å². The van der Waals surface area contributed by atoms with Gasteiger partial charge in [0.25, 0.3) is 0 Å². The van der Waals surface area contributed by atoms with E-state index >= 15 is 0 Å². The Labute approximate surface area is 140 Å². The highest BCUT2D eigenvalue weighted by Gasteiger charge is 2.16. The van der Waals surface area contributed by atoms with E-state index in [1.165, 1.54) is 43.2 Å². The Kier molecular flexibility index (Phi) is 5.69. The van der Waals surface area contributed by atoms with Gasteiger partial charge < -0.3 is 4.90 Å². The van der Waals surface area contributed by atoms with Crippen molar-refractivity contribution >= 4 is 12.2 Å². The van der Waals surface area contributed by atoms with Crippen LogP contribution in [0.3, 0.4) is 0 Å². The van der Waals surface area contributed by atoms with Crippen molar-refractivity contribution in [2.45, 2.75) is 38.1 Å². The molecule has 1 saturated carbocycles. The molecular formula is C22H25N. The largest absolute Gasteiger partial charge is 0.351 e. The molecule has 0 radical (unpaired) electrons. The van der Waals surface area contributed by atoms with Crippen LogP contribution in [0.2, 0.25) is 0 Å². The lowest BCUT2D eigenvalue weighted by Crippen LogP contribution is -2.28. The van der Waals surface area contributed by atoms with Gasteiger partial charge in [0.1, 0.15) is 0 Å². The van der Waals surface area contributed by atoms with Crippen LogP contribution < -0.4 is 0 Å². The topological polar surface area (TPSA) is 3.24 Å². The van der Waals surface area contributed by atoms with Gasteiger partial charge in [0.2, 0.25) is 0 Å². The smallest absolute Gasteiger partial charge is 0.0330 e. The lowest BCUT2D eigenvalue weighted by atomic mass is 9.94. The number of benzene rings is 2. The van der Waals surface area contributed by atoms with E-state index in [1.54, 1.807) is 0 Å². The van der Waals surface area contributed by atoms with E-state index in [2.05, 4.69) is 90.1 Å². The van der Waals surface area contributed by atoms with Crippen LogP contribution in [0.15, 0.2) is 73.1 Å². The summed E-state index contributed by atoms with van der Waals surface area (Å²) in [7, 11) is 0. The molecule has 0 aliphatic heterocycles. The zero-order valence-corrected chi connectivity index (χ0v) is 13.6. The highest BCUT2D eigenvalue weighted by molar-refractivity contribution is 5.51. The van der Waals surface area contributed by atoms with Crippen molar-refractivity contribution in [2.24, 2.45) is 0 Å². The first kappa shape index (κ1) is 15.6. The van der Waals surface area contributed by atoms with E-state index in [0.717, 1.165) is 0 Å². The van der Waals surface area contributed by atoms with Crippen molar-refractivity contribution in [1.82, 2.24) is 4.90 Å². The molecule has 0 atom stereocenters. The predicted molar refractivity (Wildman–Crippen MR) is 99.7 cm³/mol. The molecule has 3 rings (SSSR count). The van der Waals surface area contributed by atoms with Crippen LogP contribution in [0, 0.1) is 0 Å². The van der Waals surface area contributed by atoms with E-state index in [-0.39, 0.29) is 0 Å². The lowest BCUT2D eigenvalue weighted by Gasteiger charge is -2.31. The fourth-order valence-corrected chi connectivity index (χ4v) is 3.14. The molecule has 0 unspecified atom stereocenters. The number of rotatable bonds is 5. The Morgan fingerprint density at radius 2 is 1.13 bits per heavy atom. The minimum absolute atomic E-state index is 0.628. The Morgan fingerprint density at radius 1 is 0.652 bits per heavy atom. The van der Waals surface area contributed by atoms with Crippen molar-refractivity contribution in [2.75, 3.05) is 0 Å². The standard InChI is InChI=1S/C22H25N/c1-4-10-20(11-5-1)16-18-23(22-14-8-3-9-15-22)19-17-21-12-6-2-7-13-21/h1-2,4-7,10-13,16-19,22H,3,8-9,14-15H2. The third-order valence-electron chi connectivity index (χ3n) is 4.47. The summed E-state index contributed by atoms with van der Waals surface area (Å²) in [5.41, 5.74) is 2.50. The van der Waals surface area contributed by atoms with Crippen LogP contribution in [0.5, 0.6) is 0 Å². The first-order valence-corrected chi connectivity index (χ1v) is 8.66. The normalized spacial score (nSPS) is 16.2. The van der Waals surface area contributed by atoms with Gasteiger partial charge in [-0.2, -0.15) is 0 Å². The second-order valence-electron chi connectivity index (χ2n) is 6.19. The van der Waals surface area contributed by atoms with E-state index in [9.17, 15) is 0 Å². The predicted octanol–water partition coefficient (Wildman–Crippen LogP) is 5.96. The minimum atomic E-state index is 0.628. The van der Waals surface area contributed by atoms with Crippen LogP contribution in [-0.4, -0.2) is 10.9 Å². The van der Waals surface area contributed by atoms with E-state index in [0.29, 0.717) is 6.04 Å². The average molecular weight is 303 g/mol. The van der Waals surface area contributed by atoms with Gasteiger partial charge in [-0.15, -0.1) is 0 Å². The molecule has 0 spiro atoms. The summed E-state index contributed by atoms with van der Waals surface area (Å²) < 4.78 is 0. The summed E-state index contributed by atoms with van der Waals surface area (Å²) in [6.45, 7) is 0. The van der Waals surface area contributed by atoms with Gasteiger partial charge in [-0.05, 0) is 36.1 Å². The van der Waals surface area contributed by atoms with Crippen LogP contribution in [0.1, 0.15) is 43.2 Å². The Bertz CT molecular complexity index is 572. The molecule has 23 heavy (non-hydrogen) atoms.